The van der Waals surface area contributed by atoms with Gasteiger partial charge in [0.25, 0.3) is 0 Å². The predicted molar refractivity (Wildman–Crippen MR) is 68.3 cm³/mol. The molecule has 0 radical (unpaired) electrons. The number of nitrogens with zero attached hydrogens (tertiary/aromatic N) is 3. The topological polar surface area (TPSA) is 50.3 Å². The summed E-state index contributed by atoms with van der Waals surface area (Å²) >= 11 is 0. The average molecular weight is 254 g/mol. The zero-order chi connectivity index (χ0) is 13.0. The Hall–Kier alpha value is -1.43. The number of rotatable bonds is 4. The summed E-state index contributed by atoms with van der Waals surface area (Å²) in [6.45, 7) is 2.32. The van der Waals surface area contributed by atoms with Crippen molar-refractivity contribution in [1.82, 2.24) is 9.97 Å². The van der Waals surface area contributed by atoms with Crippen LogP contribution in [0.25, 0.3) is 0 Å². The van der Waals surface area contributed by atoms with Crippen LogP contribution in [0.5, 0.6) is 0 Å². The summed E-state index contributed by atoms with van der Waals surface area (Å²) in [6, 6.07) is 0. The van der Waals surface area contributed by atoms with E-state index in [0.29, 0.717) is 24.3 Å². The van der Waals surface area contributed by atoms with Crippen molar-refractivity contribution in [3.8, 4) is 0 Å². The van der Waals surface area contributed by atoms with Gasteiger partial charge in [0.2, 0.25) is 5.95 Å². The van der Waals surface area contributed by atoms with Crippen LogP contribution in [0, 0.1) is 11.7 Å². The van der Waals surface area contributed by atoms with Gasteiger partial charge in [-0.2, -0.15) is 4.98 Å². The van der Waals surface area contributed by atoms with Gasteiger partial charge in [0.1, 0.15) is 0 Å². The Bertz CT molecular complexity index is 400. The SMILES string of the molecule is CNc1ncc(F)c(N2CCCC(COC)C2)n1. The summed E-state index contributed by atoms with van der Waals surface area (Å²) in [5.74, 6) is 0.902. The minimum atomic E-state index is -0.368. The minimum absolute atomic E-state index is 0.368. The highest BCUT2D eigenvalue weighted by Gasteiger charge is 2.23. The van der Waals surface area contributed by atoms with Crippen molar-refractivity contribution < 1.29 is 9.13 Å². The van der Waals surface area contributed by atoms with Gasteiger partial charge in [-0.1, -0.05) is 0 Å². The molecule has 1 aromatic heterocycles. The summed E-state index contributed by atoms with van der Waals surface area (Å²) < 4.78 is 19.0. The van der Waals surface area contributed by atoms with Crippen LogP contribution in [0.3, 0.4) is 0 Å². The normalized spacial score (nSPS) is 19.9. The summed E-state index contributed by atoms with van der Waals surface area (Å²) in [4.78, 5) is 10.0. The maximum atomic E-state index is 13.8. The van der Waals surface area contributed by atoms with Gasteiger partial charge in [-0.3, -0.25) is 0 Å². The third-order valence-electron chi connectivity index (χ3n) is 3.17. The van der Waals surface area contributed by atoms with E-state index in [9.17, 15) is 4.39 Å². The molecule has 2 heterocycles. The molecule has 0 amide bonds. The number of nitrogens with one attached hydrogen (secondary N) is 1. The number of hydrogen-bond donors (Lipinski definition) is 1. The molecule has 0 bridgehead atoms. The molecule has 1 atom stereocenters. The molecule has 1 saturated heterocycles. The monoisotopic (exact) mass is 254 g/mol. The molecule has 1 aliphatic heterocycles. The van der Waals surface area contributed by atoms with Gasteiger partial charge in [-0.25, -0.2) is 9.37 Å². The van der Waals surface area contributed by atoms with Crippen molar-refractivity contribution in [3.05, 3.63) is 12.0 Å². The first-order valence-corrected chi connectivity index (χ1v) is 6.18. The molecule has 1 fully saturated rings. The molecule has 0 saturated carbocycles. The lowest BCUT2D eigenvalue weighted by molar-refractivity contribution is 0.143. The molecule has 1 N–H and O–H groups in total. The van der Waals surface area contributed by atoms with Crippen LogP contribution >= 0.6 is 0 Å². The quantitative estimate of drug-likeness (QED) is 0.883. The van der Waals surface area contributed by atoms with E-state index in [2.05, 4.69) is 15.3 Å². The van der Waals surface area contributed by atoms with E-state index in [0.717, 1.165) is 25.9 Å². The average Bonchev–Trinajstić information content (AvgIpc) is 2.40. The molecule has 1 aromatic rings. The van der Waals surface area contributed by atoms with E-state index >= 15 is 0 Å². The highest BCUT2D eigenvalue weighted by atomic mass is 19.1. The fourth-order valence-electron chi connectivity index (χ4n) is 2.33. The van der Waals surface area contributed by atoms with Crippen LogP contribution in [0.1, 0.15) is 12.8 Å². The Labute approximate surface area is 106 Å². The van der Waals surface area contributed by atoms with Crippen LogP contribution in [0.4, 0.5) is 16.2 Å². The first-order chi connectivity index (χ1) is 8.74. The first kappa shape index (κ1) is 13.0. The summed E-state index contributed by atoms with van der Waals surface area (Å²) in [5.41, 5.74) is 0. The van der Waals surface area contributed by atoms with E-state index in [1.807, 2.05) is 4.90 Å². The Kier molecular flexibility index (Phi) is 4.30. The van der Waals surface area contributed by atoms with E-state index in [4.69, 9.17) is 4.74 Å². The Balaban J connectivity index is 2.14. The predicted octanol–water partition coefficient (Wildman–Crippen LogP) is 1.52. The lowest BCUT2D eigenvalue weighted by atomic mass is 9.99. The lowest BCUT2D eigenvalue weighted by Crippen LogP contribution is -2.38. The number of halogens is 1. The third-order valence-corrected chi connectivity index (χ3v) is 3.17. The van der Waals surface area contributed by atoms with Crippen LogP contribution < -0.4 is 10.2 Å². The molecule has 6 heteroatoms. The van der Waals surface area contributed by atoms with Gasteiger partial charge in [0.15, 0.2) is 11.6 Å². The van der Waals surface area contributed by atoms with Crippen LogP contribution in [-0.2, 0) is 4.74 Å². The molecule has 0 aromatic carbocycles. The third kappa shape index (κ3) is 2.87. The van der Waals surface area contributed by atoms with Gasteiger partial charge in [0.05, 0.1) is 12.8 Å². The highest BCUT2D eigenvalue weighted by molar-refractivity contribution is 5.44. The second kappa shape index (κ2) is 5.95. The molecule has 2 rings (SSSR count). The molecular weight excluding hydrogens is 235 g/mol. The van der Waals surface area contributed by atoms with Gasteiger partial charge in [0, 0.05) is 27.2 Å². The standard InChI is InChI=1S/C12H19FN4O/c1-14-12-15-6-10(13)11(16-12)17-5-3-4-9(7-17)8-18-2/h6,9H,3-5,7-8H2,1-2H3,(H,14,15,16). The Morgan fingerprint density at radius 2 is 2.44 bits per heavy atom. The van der Waals surface area contributed by atoms with Gasteiger partial charge < -0.3 is 15.0 Å². The summed E-state index contributed by atoms with van der Waals surface area (Å²) in [5, 5.41) is 2.83. The van der Waals surface area contributed by atoms with Crippen molar-refractivity contribution >= 4 is 11.8 Å². The molecule has 1 aliphatic rings. The maximum absolute atomic E-state index is 13.8. The Morgan fingerprint density at radius 3 is 3.17 bits per heavy atom. The Morgan fingerprint density at radius 1 is 1.61 bits per heavy atom. The number of methoxy groups -OCH3 is 1. The fraction of sp³-hybridized carbons (Fsp3) is 0.667. The van der Waals surface area contributed by atoms with Crippen LogP contribution in [0.2, 0.25) is 0 Å². The molecule has 0 spiro atoms. The number of anilines is 2. The van der Waals surface area contributed by atoms with Gasteiger partial charge in [-0.05, 0) is 18.8 Å². The molecular formula is C12H19FN4O. The molecule has 1 unspecified atom stereocenters. The zero-order valence-corrected chi connectivity index (χ0v) is 10.8. The van der Waals surface area contributed by atoms with E-state index in [-0.39, 0.29) is 5.82 Å². The summed E-state index contributed by atoms with van der Waals surface area (Å²) in [6.07, 6.45) is 3.37. The van der Waals surface area contributed by atoms with E-state index in [1.165, 1.54) is 6.20 Å². The first-order valence-electron chi connectivity index (χ1n) is 6.18. The zero-order valence-electron chi connectivity index (χ0n) is 10.8. The lowest BCUT2D eigenvalue weighted by Gasteiger charge is -2.33. The van der Waals surface area contributed by atoms with E-state index in [1.54, 1.807) is 14.2 Å². The molecule has 0 aliphatic carbocycles. The van der Waals surface area contributed by atoms with Crippen molar-refractivity contribution in [1.29, 1.82) is 0 Å². The maximum Gasteiger partial charge on any atom is 0.224 e. The minimum Gasteiger partial charge on any atom is -0.384 e. The molecule has 5 nitrogen and oxygen atoms in total. The number of piperidine rings is 1. The van der Waals surface area contributed by atoms with E-state index < -0.39 is 0 Å². The largest absolute Gasteiger partial charge is 0.384 e. The second-order valence-corrected chi connectivity index (χ2v) is 4.52. The van der Waals surface area contributed by atoms with Crippen molar-refractivity contribution in [2.75, 3.05) is 44.1 Å². The van der Waals surface area contributed by atoms with Crippen molar-refractivity contribution in [2.45, 2.75) is 12.8 Å². The summed E-state index contributed by atoms with van der Waals surface area (Å²) in [7, 11) is 3.42. The highest BCUT2D eigenvalue weighted by Crippen LogP contribution is 2.24. The van der Waals surface area contributed by atoms with Crippen LogP contribution in [-0.4, -0.2) is 43.8 Å². The second-order valence-electron chi connectivity index (χ2n) is 4.52. The fourth-order valence-corrected chi connectivity index (χ4v) is 2.33. The molecule has 100 valence electrons. The van der Waals surface area contributed by atoms with Crippen LogP contribution in [0.15, 0.2) is 6.20 Å². The van der Waals surface area contributed by atoms with Crippen molar-refractivity contribution in [2.24, 2.45) is 5.92 Å². The van der Waals surface area contributed by atoms with Crippen molar-refractivity contribution in [3.63, 3.8) is 0 Å². The molecule has 18 heavy (non-hydrogen) atoms. The number of aromatic nitrogens is 2. The van der Waals surface area contributed by atoms with Gasteiger partial charge >= 0.3 is 0 Å². The smallest absolute Gasteiger partial charge is 0.224 e. The van der Waals surface area contributed by atoms with Gasteiger partial charge in [-0.15, -0.1) is 0 Å². The number of hydrogen-bond acceptors (Lipinski definition) is 5. The number of ether oxygens (including phenoxy) is 1.